The lowest BCUT2D eigenvalue weighted by Gasteiger charge is -2.02. The number of unbranched alkanes of at least 4 members (excludes halogenated alkanes) is 1. The van der Waals surface area contributed by atoms with Crippen LogP contribution in [0.15, 0.2) is 12.4 Å². The Morgan fingerprint density at radius 3 is 2.76 bits per heavy atom. The van der Waals surface area contributed by atoms with Crippen LogP contribution < -0.4 is 5.32 Å². The van der Waals surface area contributed by atoms with Gasteiger partial charge in [0.05, 0.1) is 17.9 Å². The van der Waals surface area contributed by atoms with Crippen molar-refractivity contribution in [2.75, 3.05) is 6.54 Å². The van der Waals surface area contributed by atoms with Crippen molar-refractivity contribution in [1.82, 2.24) is 15.3 Å². The number of carbonyl (C=O) groups excluding carboxylic acids is 1. The highest BCUT2D eigenvalue weighted by molar-refractivity contribution is 7.78. The summed E-state index contributed by atoms with van der Waals surface area (Å²) in [5, 5.41) is 2.57. The number of rotatable bonds is 6. The number of amides is 1. The molecule has 0 aliphatic heterocycles. The first-order valence-corrected chi connectivity index (χ1v) is 7.42. The maximum atomic E-state index is 11.2. The van der Waals surface area contributed by atoms with Gasteiger partial charge in [-0.3, -0.25) is 9.00 Å². The normalized spacial score (nSPS) is 10.9. The zero-order valence-electron chi connectivity index (χ0n) is 11.3. The molecule has 1 rings (SSSR count). The maximum absolute atomic E-state index is 11.2. The molecule has 1 aromatic heterocycles. The monoisotopic (exact) mass is 304 g/mol. The van der Waals surface area contributed by atoms with Gasteiger partial charge in [-0.05, 0) is 17.5 Å². The van der Waals surface area contributed by atoms with E-state index in [0.717, 1.165) is 0 Å². The molecule has 6 nitrogen and oxygen atoms in total. The molecule has 0 aliphatic carbocycles. The molecule has 1 heterocycles. The molecule has 7 heteroatoms. The van der Waals surface area contributed by atoms with E-state index in [1.165, 1.54) is 12.4 Å². The van der Waals surface area contributed by atoms with E-state index in [4.69, 9.17) is 6.42 Å². The van der Waals surface area contributed by atoms with E-state index in [2.05, 4.69) is 33.0 Å². The molecule has 0 spiro atoms. The van der Waals surface area contributed by atoms with Gasteiger partial charge >= 0.3 is 0 Å². The van der Waals surface area contributed by atoms with Crippen molar-refractivity contribution < 1.29 is 13.6 Å². The second-order valence-electron chi connectivity index (χ2n) is 3.97. The first-order valence-electron chi connectivity index (χ1n) is 6.17. The van der Waals surface area contributed by atoms with Gasteiger partial charge in [-0.1, -0.05) is 17.8 Å². The van der Waals surface area contributed by atoms with Crippen molar-refractivity contribution in [3.05, 3.63) is 23.8 Å². The quantitative estimate of drug-likeness (QED) is 0.458. The van der Waals surface area contributed by atoms with Crippen molar-refractivity contribution in [2.24, 2.45) is 0 Å². The van der Waals surface area contributed by atoms with Crippen LogP contribution in [0.3, 0.4) is 0 Å². The molecule has 110 valence electrons. The van der Waals surface area contributed by atoms with Crippen molar-refractivity contribution in [1.29, 1.82) is 0 Å². The molecule has 0 saturated carbocycles. The molecule has 0 aromatic carbocycles. The van der Waals surface area contributed by atoms with Crippen LogP contribution >= 0.6 is 0 Å². The average Bonchev–Trinajstić information content (AvgIpc) is 2.46. The molecule has 0 fully saturated rings. The van der Waals surface area contributed by atoms with Gasteiger partial charge in [-0.25, -0.2) is 9.97 Å². The van der Waals surface area contributed by atoms with Crippen molar-refractivity contribution in [2.45, 2.75) is 25.0 Å². The zero-order chi connectivity index (χ0) is 15.5. The Balaban J connectivity index is 2.33. The smallest absolute Gasteiger partial charge is 0.220 e. The van der Waals surface area contributed by atoms with Crippen LogP contribution in [-0.4, -0.2) is 31.2 Å². The summed E-state index contributed by atoms with van der Waals surface area (Å²) in [6, 6.07) is 0. The van der Waals surface area contributed by atoms with Gasteiger partial charge in [-0.2, -0.15) is 0 Å². The summed E-state index contributed by atoms with van der Waals surface area (Å²) in [5.41, 5.74) is 0.604. The summed E-state index contributed by atoms with van der Waals surface area (Å²) in [5.74, 6) is 8.01. The first-order chi connectivity index (χ1) is 10.1. The third-order valence-electron chi connectivity index (χ3n) is 2.28. The second-order valence-corrected chi connectivity index (χ2v) is 4.87. The maximum Gasteiger partial charge on any atom is 0.220 e. The lowest BCUT2D eigenvalue weighted by Crippen LogP contribution is -2.22. The summed E-state index contributed by atoms with van der Waals surface area (Å²) in [6.45, 7) is 0.238. The van der Waals surface area contributed by atoms with E-state index >= 15 is 0 Å². The van der Waals surface area contributed by atoms with Gasteiger partial charge < -0.3 is 9.87 Å². The number of nitrogens with one attached hydrogen (secondary N) is 1. The minimum Gasteiger partial charge on any atom is -0.772 e. The Morgan fingerprint density at radius 2 is 2.14 bits per heavy atom. The summed E-state index contributed by atoms with van der Waals surface area (Å²) >= 11 is -2.20. The number of hydrogen-bond donors (Lipinski definition) is 1. The molecule has 1 atom stereocenters. The van der Waals surface area contributed by atoms with Gasteiger partial charge in [-0.15, -0.1) is 6.42 Å². The summed E-state index contributed by atoms with van der Waals surface area (Å²) < 4.78 is 20.9. The van der Waals surface area contributed by atoms with Crippen LogP contribution in [0.1, 0.15) is 30.7 Å². The predicted octanol–water partition coefficient (Wildman–Crippen LogP) is 0.127. The third kappa shape index (κ3) is 7.83. The van der Waals surface area contributed by atoms with E-state index < -0.39 is 11.1 Å². The SMILES string of the molecule is C#CCNC(=O)CCCC#Cc1cnc(CS(=O)[O-])nc1. The lowest BCUT2D eigenvalue weighted by atomic mass is 10.2. The van der Waals surface area contributed by atoms with Gasteiger partial charge in [0.2, 0.25) is 5.91 Å². The highest BCUT2D eigenvalue weighted by Crippen LogP contribution is 1.98. The molecule has 1 unspecified atom stereocenters. The fourth-order valence-corrected chi connectivity index (χ4v) is 1.70. The van der Waals surface area contributed by atoms with Crippen LogP contribution in [0.4, 0.5) is 0 Å². The average molecular weight is 304 g/mol. The molecular formula is C14H14N3O3S-. The zero-order valence-corrected chi connectivity index (χ0v) is 12.1. The Kier molecular flexibility index (Phi) is 7.73. The standard InChI is InChI=1S/C14H15N3O3S/c1-2-8-15-14(18)7-5-3-4-6-12-9-16-13(17-10-12)11-21(19)20/h1,9-10H,3,5,7-8,11H2,(H,15,18)(H,19,20)/p-1. The lowest BCUT2D eigenvalue weighted by molar-refractivity contribution is -0.120. The van der Waals surface area contributed by atoms with E-state index in [1.54, 1.807) is 0 Å². The molecule has 1 N–H and O–H groups in total. The number of terminal acetylenes is 1. The van der Waals surface area contributed by atoms with Crippen LogP contribution in [0.5, 0.6) is 0 Å². The number of carbonyl (C=O) groups is 1. The molecule has 1 amide bonds. The van der Waals surface area contributed by atoms with Crippen molar-refractivity contribution in [3.8, 4) is 24.2 Å². The first kappa shape index (κ1) is 16.8. The van der Waals surface area contributed by atoms with Crippen LogP contribution in [0, 0.1) is 24.2 Å². The van der Waals surface area contributed by atoms with Crippen LogP contribution in [0.25, 0.3) is 0 Å². The predicted molar refractivity (Wildman–Crippen MR) is 77.2 cm³/mol. The topological polar surface area (TPSA) is 95.0 Å². The largest absolute Gasteiger partial charge is 0.772 e. The highest BCUT2D eigenvalue weighted by atomic mass is 32.2. The van der Waals surface area contributed by atoms with Crippen molar-refractivity contribution in [3.63, 3.8) is 0 Å². The Morgan fingerprint density at radius 1 is 1.43 bits per heavy atom. The van der Waals surface area contributed by atoms with E-state index in [9.17, 15) is 13.6 Å². The van der Waals surface area contributed by atoms with Gasteiger partial charge in [0.15, 0.2) is 0 Å². The molecule has 0 saturated heterocycles. The highest BCUT2D eigenvalue weighted by Gasteiger charge is 1.98. The molecule has 0 radical (unpaired) electrons. The van der Waals surface area contributed by atoms with Crippen molar-refractivity contribution >= 4 is 17.0 Å². The molecule has 0 aliphatic rings. The van der Waals surface area contributed by atoms with E-state index in [0.29, 0.717) is 24.8 Å². The van der Waals surface area contributed by atoms with Gasteiger partial charge in [0.1, 0.15) is 5.82 Å². The molecule has 21 heavy (non-hydrogen) atoms. The van der Waals surface area contributed by atoms with Gasteiger partial charge in [0, 0.05) is 25.2 Å². The van der Waals surface area contributed by atoms with Crippen LogP contribution in [0.2, 0.25) is 0 Å². The van der Waals surface area contributed by atoms with E-state index in [-0.39, 0.29) is 24.0 Å². The number of nitrogens with zero attached hydrogens (tertiary/aromatic N) is 2. The minimum absolute atomic E-state index is 0.0898. The third-order valence-corrected chi connectivity index (χ3v) is 2.77. The second kappa shape index (κ2) is 9.65. The Bertz CT molecular complexity index is 597. The molecule has 1 aromatic rings. The fraction of sp³-hybridized carbons (Fsp3) is 0.357. The summed E-state index contributed by atoms with van der Waals surface area (Å²) in [4.78, 5) is 19.0. The Hall–Kier alpha value is -2.22. The number of aromatic nitrogens is 2. The summed E-state index contributed by atoms with van der Waals surface area (Å²) in [7, 11) is 0. The molecular weight excluding hydrogens is 290 g/mol. The number of hydrogen-bond acceptors (Lipinski definition) is 5. The Labute approximate surface area is 126 Å². The van der Waals surface area contributed by atoms with Gasteiger partial charge in [0.25, 0.3) is 0 Å². The fourth-order valence-electron chi connectivity index (χ4n) is 1.34. The minimum atomic E-state index is -2.20. The summed E-state index contributed by atoms with van der Waals surface area (Å²) in [6.07, 6.45) is 9.55. The van der Waals surface area contributed by atoms with E-state index in [1.807, 2.05) is 0 Å². The van der Waals surface area contributed by atoms with Crippen LogP contribution in [-0.2, 0) is 21.6 Å². The molecule has 0 bridgehead atoms.